The molecule has 7 heteroatoms. The summed E-state index contributed by atoms with van der Waals surface area (Å²) in [4.78, 5) is 31.6. The number of Topliss-reactive ketones (excluding diaryl/α,β-unsaturated/α-hetero) is 1. The molecule has 2 aromatic rings. The van der Waals surface area contributed by atoms with Crippen molar-refractivity contribution in [3.8, 4) is 11.6 Å². The van der Waals surface area contributed by atoms with Crippen LogP contribution in [0.4, 0.5) is 0 Å². The zero-order chi connectivity index (χ0) is 20.6. The van der Waals surface area contributed by atoms with Gasteiger partial charge in [0.15, 0.2) is 5.78 Å². The quantitative estimate of drug-likeness (QED) is 0.777. The predicted molar refractivity (Wildman–Crippen MR) is 108 cm³/mol. The average molecular weight is 408 g/mol. The second kappa shape index (κ2) is 7.72. The number of aromatic nitrogens is 1. The van der Waals surface area contributed by atoms with E-state index in [0.717, 1.165) is 6.42 Å². The summed E-state index contributed by atoms with van der Waals surface area (Å²) >= 11 is 0. The molecule has 1 amide bonds. The van der Waals surface area contributed by atoms with Crippen LogP contribution in [0.25, 0.3) is 0 Å². The van der Waals surface area contributed by atoms with E-state index in [4.69, 9.17) is 14.2 Å². The van der Waals surface area contributed by atoms with Gasteiger partial charge < -0.3 is 19.1 Å². The fourth-order valence-corrected chi connectivity index (χ4v) is 4.38. The molecule has 7 nitrogen and oxygen atoms in total. The first-order chi connectivity index (χ1) is 14.6. The number of ketones is 1. The van der Waals surface area contributed by atoms with Crippen LogP contribution in [0.3, 0.4) is 0 Å². The van der Waals surface area contributed by atoms with Gasteiger partial charge in [-0.05, 0) is 18.2 Å². The summed E-state index contributed by atoms with van der Waals surface area (Å²) in [5, 5.41) is 0. The smallest absolute Gasteiger partial charge is 0.255 e. The molecular formula is C23H24N2O5. The minimum Gasteiger partial charge on any atom is -0.486 e. The number of para-hydroxylation sites is 1. The second-order valence-corrected chi connectivity index (χ2v) is 8.16. The molecule has 0 bridgehead atoms. The van der Waals surface area contributed by atoms with E-state index in [1.165, 1.54) is 0 Å². The maximum absolute atomic E-state index is 12.9. The number of nitrogens with zero attached hydrogens (tertiary/aromatic N) is 2. The highest BCUT2D eigenvalue weighted by molar-refractivity contribution is 6.00. The van der Waals surface area contributed by atoms with E-state index in [1.54, 1.807) is 18.3 Å². The first-order valence-corrected chi connectivity index (χ1v) is 10.4. The first-order valence-electron chi connectivity index (χ1n) is 10.4. The Morgan fingerprint density at radius 3 is 2.73 bits per heavy atom. The fraction of sp³-hybridized carbons (Fsp3) is 0.435. The Morgan fingerprint density at radius 2 is 2.00 bits per heavy atom. The van der Waals surface area contributed by atoms with E-state index >= 15 is 0 Å². The highest BCUT2D eigenvalue weighted by atomic mass is 16.5. The lowest BCUT2D eigenvalue weighted by atomic mass is 9.82. The van der Waals surface area contributed by atoms with Crippen molar-refractivity contribution < 1.29 is 23.8 Å². The SMILES string of the molecule is O=C1CC2(CCN(C(=O)c3ccc(OC4CCOC4)nc3)CC2)Oc2ccccc21. The van der Waals surface area contributed by atoms with Crippen molar-refractivity contribution in [2.75, 3.05) is 26.3 Å². The number of hydrogen-bond acceptors (Lipinski definition) is 6. The molecule has 4 heterocycles. The van der Waals surface area contributed by atoms with Crippen molar-refractivity contribution in [3.05, 3.63) is 53.7 Å². The Bertz CT molecular complexity index is 944. The van der Waals surface area contributed by atoms with E-state index in [9.17, 15) is 9.59 Å². The highest BCUT2D eigenvalue weighted by Crippen LogP contribution is 2.39. The number of likely N-dealkylation sites (tertiary alicyclic amines) is 1. The molecule has 3 aliphatic heterocycles. The number of ether oxygens (including phenoxy) is 3. The van der Waals surface area contributed by atoms with Crippen molar-refractivity contribution in [1.29, 1.82) is 0 Å². The van der Waals surface area contributed by atoms with E-state index in [2.05, 4.69) is 4.98 Å². The fourth-order valence-electron chi connectivity index (χ4n) is 4.38. The van der Waals surface area contributed by atoms with Gasteiger partial charge in [0.05, 0.1) is 30.8 Å². The summed E-state index contributed by atoms with van der Waals surface area (Å²) < 4.78 is 17.3. The Balaban J connectivity index is 1.21. The Kier molecular flexibility index (Phi) is 4.90. The molecule has 0 radical (unpaired) electrons. The normalized spacial score (nSPS) is 22.5. The second-order valence-electron chi connectivity index (χ2n) is 8.16. The number of hydrogen-bond donors (Lipinski definition) is 0. The predicted octanol–water partition coefficient (Wildman–Crippen LogP) is 2.89. The summed E-state index contributed by atoms with van der Waals surface area (Å²) in [6.45, 7) is 2.38. The Labute approximate surface area is 174 Å². The van der Waals surface area contributed by atoms with Crippen LogP contribution in [0.1, 0.15) is 46.4 Å². The van der Waals surface area contributed by atoms with Crippen molar-refractivity contribution in [2.24, 2.45) is 0 Å². The number of fused-ring (bicyclic) bond motifs is 1. The van der Waals surface area contributed by atoms with Crippen LogP contribution < -0.4 is 9.47 Å². The number of carbonyl (C=O) groups excluding carboxylic acids is 2. The van der Waals surface area contributed by atoms with Crippen LogP contribution >= 0.6 is 0 Å². The van der Waals surface area contributed by atoms with Gasteiger partial charge in [0.2, 0.25) is 5.88 Å². The molecule has 1 spiro atoms. The van der Waals surface area contributed by atoms with Gasteiger partial charge in [0, 0.05) is 44.6 Å². The molecular weight excluding hydrogens is 384 g/mol. The van der Waals surface area contributed by atoms with E-state index < -0.39 is 5.60 Å². The van der Waals surface area contributed by atoms with Crippen LogP contribution in [-0.2, 0) is 4.74 Å². The molecule has 1 unspecified atom stereocenters. The van der Waals surface area contributed by atoms with Crippen molar-refractivity contribution in [2.45, 2.75) is 37.4 Å². The lowest BCUT2D eigenvalue weighted by Crippen LogP contribution is -2.52. The topological polar surface area (TPSA) is 78.0 Å². The lowest BCUT2D eigenvalue weighted by Gasteiger charge is -2.43. The largest absolute Gasteiger partial charge is 0.486 e. The van der Waals surface area contributed by atoms with E-state index in [0.29, 0.717) is 68.3 Å². The molecule has 2 saturated heterocycles. The molecule has 3 aliphatic rings. The van der Waals surface area contributed by atoms with Gasteiger partial charge in [-0.15, -0.1) is 0 Å². The van der Waals surface area contributed by atoms with E-state index in [1.807, 2.05) is 29.2 Å². The maximum Gasteiger partial charge on any atom is 0.255 e. The number of piperidine rings is 1. The molecule has 2 fully saturated rings. The third-order valence-corrected chi connectivity index (χ3v) is 6.12. The number of rotatable bonds is 3. The maximum atomic E-state index is 12.9. The summed E-state index contributed by atoms with van der Waals surface area (Å²) in [6.07, 6.45) is 4.08. The molecule has 1 aromatic heterocycles. The summed E-state index contributed by atoms with van der Waals surface area (Å²) in [5.41, 5.74) is 0.674. The van der Waals surface area contributed by atoms with Crippen LogP contribution in [0.2, 0.25) is 0 Å². The first kappa shape index (κ1) is 19.1. The zero-order valence-corrected chi connectivity index (χ0v) is 16.7. The highest BCUT2D eigenvalue weighted by Gasteiger charge is 2.43. The molecule has 0 N–H and O–H groups in total. The van der Waals surface area contributed by atoms with Gasteiger partial charge in [0.1, 0.15) is 17.5 Å². The van der Waals surface area contributed by atoms with Crippen LogP contribution in [0.15, 0.2) is 42.6 Å². The lowest BCUT2D eigenvalue weighted by molar-refractivity contribution is -0.00571. The van der Waals surface area contributed by atoms with Gasteiger partial charge in [-0.3, -0.25) is 9.59 Å². The third-order valence-electron chi connectivity index (χ3n) is 6.12. The zero-order valence-electron chi connectivity index (χ0n) is 16.7. The van der Waals surface area contributed by atoms with Gasteiger partial charge >= 0.3 is 0 Å². The Hall–Kier alpha value is -2.93. The molecule has 5 rings (SSSR count). The number of pyridine rings is 1. The standard InChI is InChI=1S/C23H24N2O5/c26-19-13-23(30-20-4-2-1-3-18(19)20)8-10-25(11-9-23)22(27)16-5-6-21(24-14-16)29-17-7-12-28-15-17/h1-6,14,17H,7-13,15H2. The molecule has 30 heavy (non-hydrogen) atoms. The molecule has 0 aliphatic carbocycles. The van der Waals surface area contributed by atoms with Crippen LogP contribution in [0, 0.1) is 0 Å². The van der Waals surface area contributed by atoms with Crippen molar-refractivity contribution in [1.82, 2.24) is 9.88 Å². The summed E-state index contributed by atoms with van der Waals surface area (Å²) in [7, 11) is 0. The summed E-state index contributed by atoms with van der Waals surface area (Å²) in [6, 6.07) is 10.9. The number of benzene rings is 1. The van der Waals surface area contributed by atoms with Gasteiger partial charge in [-0.2, -0.15) is 0 Å². The Morgan fingerprint density at radius 1 is 1.17 bits per heavy atom. The summed E-state index contributed by atoms with van der Waals surface area (Å²) in [5.74, 6) is 1.22. The molecule has 156 valence electrons. The molecule has 1 atom stereocenters. The molecule has 0 saturated carbocycles. The minimum atomic E-state index is -0.512. The number of carbonyl (C=O) groups is 2. The third kappa shape index (κ3) is 3.65. The van der Waals surface area contributed by atoms with Gasteiger partial charge in [-0.1, -0.05) is 12.1 Å². The van der Waals surface area contributed by atoms with Crippen LogP contribution in [0.5, 0.6) is 11.6 Å². The van der Waals surface area contributed by atoms with Crippen molar-refractivity contribution in [3.63, 3.8) is 0 Å². The number of amides is 1. The molecule has 1 aromatic carbocycles. The van der Waals surface area contributed by atoms with E-state index in [-0.39, 0.29) is 17.8 Å². The monoisotopic (exact) mass is 408 g/mol. The van der Waals surface area contributed by atoms with Gasteiger partial charge in [-0.25, -0.2) is 4.98 Å². The van der Waals surface area contributed by atoms with Crippen molar-refractivity contribution >= 4 is 11.7 Å². The minimum absolute atomic E-state index is 0.0284. The average Bonchev–Trinajstić information content (AvgIpc) is 3.27. The van der Waals surface area contributed by atoms with Gasteiger partial charge in [0.25, 0.3) is 5.91 Å². The van der Waals surface area contributed by atoms with Crippen LogP contribution in [-0.4, -0.2) is 59.6 Å².